The van der Waals surface area contributed by atoms with Gasteiger partial charge >= 0.3 is 18.1 Å². The summed E-state index contributed by atoms with van der Waals surface area (Å²) in [5.74, 6) is -5.88. The Labute approximate surface area is 99.3 Å². The summed E-state index contributed by atoms with van der Waals surface area (Å²) in [6.45, 7) is 3.48. The maximum Gasteiger partial charge on any atom is 0.453 e. The number of halogens is 5. The molecular formula is C9H13F5O4. The van der Waals surface area contributed by atoms with Crippen molar-refractivity contribution in [1.29, 1.82) is 0 Å². The van der Waals surface area contributed by atoms with Crippen molar-refractivity contribution in [2.75, 3.05) is 6.61 Å². The molecule has 0 aromatic heterocycles. The van der Waals surface area contributed by atoms with Crippen LogP contribution in [0.2, 0.25) is 0 Å². The Morgan fingerprint density at radius 3 is 1.78 bits per heavy atom. The first-order valence-electron chi connectivity index (χ1n) is 4.47. The van der Waals surface area contributed by atoms with Gasteiger partial charge in [-0.3, -0.25) is 0 Å². The second-order valence-corrected chi connectivity index (χ2v) is 3.33. The van der Waals surface area contributed by atoms with Gasteiger partial charge < -0.3 is 15.3 Å². The molecule has 0 aliphatic carbocycles. The Hall–Kier alpha value is -1.22. The summed E-state index contributed by atoms with van der Waals surface area (Å²) < 4.78 is 58.1. The standard InChI is InChI=1S/C5H7F5O2.C4H6O2/c6-4(7,5(8,9)10)1-3(12)2-11;1-3(2)4(5)6/h3,11-12H,1-2H2;1H2,2H3,(H,5,6). The van der Waals surface area contributed by atoms with Gasteiger partial charge in [-0.05, 0) is 6.92 Å². The SMILES string of the molecule is C=C(C)C(=O)O.OCC(O)CC(F)(F)C(F)(F)F. The van der Waals surface area contributed by atoms with E-state index < -0.39 is 37.2 Å². The molecule has 0 saturated carbocycles. The zero-order valence-corrected chi connectivity index (χ0v) is 9.34. The fourth-order valence-corrected chi connectivity index (χ4v) is 0.476. The summed E-state index contributed by atoms with van der Waals surface area (Å²) in [5.41, 5.74) is 0.176. The van der Waals surface area contributed by atoms with E-state index in [0.29, 0.717) is 0 Å². The first-order valence-corrected chi connectivity index (χ1v) is 4.47. The molecule has 0 aliphatic heterocycles. The van der Waals surface area contributed by atoms with E-state index in [1.54, 1.807) is 0 Å². The van der Waals surface area contributed by atoms with Gasteiger partial charge in [0.25, 0.3) is 0 Å². The van der Waals surface area contributed by atoms with Crippen molar-refractivity contribution in [2.24, 2.45) is 0 Å². The predicted molar refractivity (Wildman–Crippen MR) is 51.2 cm³/mol. The second kappa shape index (κ2) is 7.27. The van der Waals surface area contributed by atoms with E-state index >= 15 is 0 Å². The van der Waals surface area contributed by atoms with Crippen LogP contribution in [0.15, 0.2) is 12.2 Å². The van der Waals surface area contributed by atoms with E-state index in [4.69, 9.17) is 15.3 Å². The van der Waals surface area contributed by atoms with Crippen molar-refractivity contribution in [3.05, 3.63) is 12.2 Å². The summed E-state index contributed by atoms with van der Waals surface area (Å²) in [7, 11) is 0. The predicted octanol–water partition coefficient (Wildman–Crippen LogP) is 1.57. The molecule has 108 valence electrons. The van der Waals surface area contributed by atoms with Gasteiger partial charge in [0.15, 0.2) is 0 Å². The van der Waals surface area contributed by atoms with Crippen LogP contribution in [0.4, 0.5) is 22.0 Å². The van der Waals surface area contributed by atoms with E-state index in [1.165, 1.54) is 6.92 Å². The summed E-state index contributed by atoms with van der Waals surface area (Å²) in [6.07, 6.45) is -9.54. The van der Waals surface area contributed by atoms with Crippen LogP contribution >= 0.6 is 0 Å². The Kier molecular flexibility index (Phi) is 7.72. The molecule has 0 rings (SSSR count). The van der Waals surface area contributed by atoms with Crippen molar-refractivity contribution < 1.29 is 42.1 Å². The third-order valence-electron chi connectivity index (χ3n) is 1.48. The highest BCUT2D eigenvalue weighted by Gasteiger charge is 2.57. The molecule has 3 N–H and O–H groups in total. The molecule has 0 spiro atoms. The Morgan fingerprint density at radius 1 is 1.28 bits per heavy atom. The highest BCUT2D eigenvalue weighted by Crippen LogP contribution is 2.38. The summed E-state index contributed by atoms with van der Waals surface area (Å²) in [5, 5.41) is 24.2. The molecule has 0 aliphatic rings. The smallest absolute Gasteiger partial charge is 0.453 e. The molecule has 1 unspecified atom stereocenters. The van der Waals surface area contributed by atoms with E-state index in [2.05, 4.69) is 6.58 Å². The molecule has 1 atom stereocenters. The maximum atomic E-state index is 12.0. The van der Waals surface area contributed by atoms with Gasteiger partial charge in [-0.2, -0.15) is 22.0 Å². The molecule has 0 amide bonds. The van der Waals surface area contributed by atoms with E-state index in [9.17, 15) is 26.7 Å². The lowest BCUT2D eigenvalue weighted by Gasteiger charge is -2.21. The average Bonchev–Trinajstić information content (AvgIpc) is 2.15. The molecule has 0 aromatic rings. The minimum Gasteiger partial charge on any atom is -0.478 e. The molecule has 0 fully saturated rings. The minimum absolute atomic E-state index is 0.176. The number of alkyl halides is 5. The van der Waals surface area contributed by atoms with Gasteiger partial charge in [-0.1, -0.05) is 6.58 Å². The zero-order chi connectivity index (χ0) is 15.1. The number of hydrogen-bond donors (Lipinski definition) is 3. The Morgan fingerprint density at radius 2 is 1.61 bits per heavy atom. The van der Waals surface area contributed by atoms with Crippen LogP contribution < -0.4 is 0 Å². The van der Waals surface area contributed by atoms with Gasteiger partial charge in [0.05, 0.1) is 12.7 Å². The van der Waals surface area contributed by atoms with Crippen LogP contribution in [0.1, 0.15) is 13.3 Å². The van der Waals surface area contributed by atoms with Crippen molar-refractivity contribution >= 4 is 5.97 Å². The largest absolute Gasteiger partial charge is 0.478 e. The number of hydrogen-bond acceptors (Lipinski definition) is 3. The van der Waals surface area contributed by atoms with Crippen LogP contribution in [-0.4, -0.2) is 46.1 Å². The van der Waals surface area contributed by atoms with Crippen molar-refractivity contribution in [3.63, 3.8) is 0 Å². The van der Waals surface area contributed by atoms with Crippen LogP contribution in [0.3, 0.4) is 0 Å². The van der Waals surface area contributed by atoms with E-state index in [-0.39, 0.29) is 5.57 Å². The molecule has 0 radical (unpaired) electrons. The van der Waals surface area contributed by atoms with E-state index in [1.807, 2.05) is 0 Å². The summed E-state index contributed by atoms with van der Waals surface area (Å²) >= 11 is 0. The molecule has 0 aromatic carbocycles. The fraction of sp³-hybridized carbons (Fsp3) is 0.667. The van der Waals surface area contributed by atoms with Gasteiger partial charge in [-0.15, -0.1) is 0 Å². The van der Waals surface area contributed by atoms with Crippen molar-refractivity contribution in [1.82, 2.24) is 0 Å². The molecule has 9 heteroatoms. The average molecular weight is 280 g/mol. The Balaban J connectivity index is 0. The lowest BCUT2D eigenvalue weighted by Crippen LogP contribution is -2.40. The number of aliphatic hydroxyl groups is 2. The molecule has 18 heavy (non-hydrogen) atoms. The number of aliphatic carboxylic acids is 1. The Bertz CT molecular complexity index is 275. The first kappa shape index (κ1) is 19.1. The zero-order valence-electron chi connectivity index (χ0n) is 9.34. The molecule has 0 heterocycles. The number of carboxylic acids is 1. The topological polar surface area (TPSA) is 77.8 Å². The number of rotatable bonds is 4. The van der Waals surface area contributed by atoms with Gasteiger partial charge in [0.2, 0.25) is 0 Å². The fourth-order valence-electron chi connectivity index (χ4n) is 0.476. The van der Waals surface area contributed by atoms with Crippen molar-refractivity contribution in [3.8, 4) is 0 Å². The van der Waals surface area contributed by atoms with Gasteiger partial charge in [0, 0.05) is 12.0 Å². The lowest BCUT2D eigenvalue weighted by molar-refractivity contribution is -0.290. The van der Waals surface area contributed by atoms with E-state index in [0.717, 1.165) is 0 Å². The molecule has 0 saturated heterocycles. The summed E-state index contributed by atoms with van der Waals surface area (Å²) in [6, 6.07) is 0. The third-order valence-corrected chi connectivity index (χ3v) is 1.48. The quantitative estimate of drug-likeness (QED) is 0.539. The van der Waals surface area contributed by atoms with Gasteiger partial charge in [0.1, 0.15) is 0 Å². The second-order valence-electron chi connectivity index (χ2n) is 3.33. The van der Waals surface area contributed by atoms with Crippen molar-refractivity contribution in [2.45, 2.75) is 31.5 Å². The number of carbonyl (C=O) groups is 1. The molecular weight excluding hydrogens is 267 g/mol. The van der Waals surface area contributed by atoms with Crippen LogP contribution in [-0.2, 0) is 4.79 Å². The monoisotopic (exact) mass is 280 g/mol. The third kappa shape index (κ3) is 7.96. The lowest BCUT2D eigenvalue weighted by atomic mass is 10.1. The number of aliphatic hydroxyl groups excluding tert-OH is 2. The highest BCUT2D eigenvalue weighted by molar-refractivity contribution is 5.84. The minimum atomic E-state index is -5.68. The number of carboxylic acid groups (broad SMARTS) is 1. The normalized spacial score (nSPS) is 13.3. The maximum absolute atomic E-state index is 12.0. The van der Waals surface area contributed by atoms with Crippen LogP contribution in [0.25, 0.3) is 0 Å². The van der Waals surface area contributed by atoms with Crippen LogP contribution in [0.5, 0.6) is 0 Å². The highest BCUT2D eigenvalue weighted by atomic mass is 19.4. The van der Waals surface area contributed by atoms with Gasteiger partial charge in [-0.25, -0.2) is 4.79 Å². The molecule has 0 bridgehead atoms. The summed E-state index contributed by atoms with van der Waals surface area (Å²) in [4.78, 5) is 9.60. The van der Waals surface area contributed by atoms with Crippen LogP contribution in [0, 0.1) is 0 Å². The first-order chi connectivity index (χ1) is 7.85. The molecule has 4 nitrogen and oxygen atoms in total.